The predicted molar refractivity (Wildman–Crippen MR) is 119 cm³/mol. The molecule has 0 aliphatic rings. The Bertz CT molecular complexity index is 1470. The lowest BCUT2D eigenvalue weighted by atomic mass is 10.1. The van der Waals surface area contributed by atoms with Crippen LogP contribution >= 0.6 is 0 Å². The average Bonchev–Trinajstić information content (AvgIpc) is 3.09. The van der Waals surface area contributed by atoms with E-state index in [-0.39, 0.29) is 18.1 Å². The molecule has 1 amide bonds. The van der Waals surface area contributed by atoms with Gasteiger partial charge in [0.2, 0.25) is 0 Å². The van der Waals surface area contributed by atoms with E-state index >= 15 is 0 Å². The molecule has 0 unspecified atom stereocenters. The van der Waals surface area contributed by atoms with Crippen LogP contribution in [0.15, 0.2) is 59.5 Å². The molecular formula is C24H21N3O3. The first-order chi connectivity index (χ1) is 14.5. The number of nitrogens with zero attached hydrogens (tertiary/aromatic N) is 2. The minimum Gasteiger partial charge on any atom is -0.484 e. The number of benzene rings is 2. The largest absolute Gasteiger partial charge is 0.484 e. The third-order valence-electron chi connectivity index (χ3n) is 5.34. The first-order valence-corrected chi connectivity index (χ1v) is 10.0. The van der Waals surface area contributed by atoms with E-state index in [1.807, 2.05) is 56.3 Å². The molecule has 0 fully saturated rings. The van der Waals surface area contributed by atoms with Crippen molar-refractivity contribution in [3.05, 3.63) is 65.1 Å². The molecule has 0 atom stereocenters. The first kappa shape index (κ1) is 18.4. The molecule has 2 aromatic carbocycles. The Kier molecular flexibility index (Phi) is 4.28. The molecule has 1 N–H and O–H groups in total. The lowest BCUT2D eigenvalue weighted by Gasteiger charge is -2.09. The van der Waals surface area contributed by atoms with Crippen LogP contribution in [0.25, 0.3) is 38.1 Å². The molecule has 3 heterocycles. The molecule has 0 bridgehead atoms. The standard InChI is InChI=1S/C24H21N3O3/c1-14(2)12-26-21(28)13-30-15-7-8-20-19(11-15)17-9-10-25-22-16-5-3-4-6-18(16)24(29)27(20)23(17)22/h3-11,14H,12-13H2,1-2H3,(H,26,28). The second kappa shape index (κ2) is 6.99. The summed E-state index contributed by atoms with van der Waals surface area (Å²) in [5.41, 5.74) is 2.35. The summed E-state index contributed by atoms with van der Waals surface area (Å²) >= 11 is 0. The molecule has 5 aromatic rings. The summed E-state index contributed by atoms with van der Waals surface area (Å²) in [4.78, 5) is 29.8. The number of rotatable bonds is 5. The molecule has 0 spiro atoms. The lowest BCUT2D eigenvalue weighted by Crippen LogP contribution is -2.31. The smallest absolute Gasteiger partial charge is 0.263 e. The summed E-state index contributed by atoms with van der Waals surface area (Å²) in [5.74, 6) is 0.820. The van der Waals surface area contributed by atoms with E-state index < -0.39 is 0 Å². The highest BCUT2D eigenvalue weighted by atomic mass is 16.5. The zero-order chi connectivity index (χ0) is 20.8. The summed E-state index contributed by atoms with van der Waals surface area (Å²) in [6.07, 6.45) is 1.76. The first-order valence-electron chi connectivity index (χ1n) is 10.0. The van der Waals surface area contributed by atoms with Gasteiger partial charge in [0, 0.05) is 34.3 Å². The predicted octanol–water partition coefficient (Wildman–Crippen LogP) is 3.74. The molecule has 0 aliphatic heterocycles. The van der Waals surface area contributed by atoms with E-state index in [2.05, 4.69) is 10.3 Å². The Morgan fingerprint density at radius 2 is 1.87 bits per heavy atom. The zero-order valence-corrected chi connectivity index (χ0v) is 16.8. The monoisotopic (exact) mass is 399 g/mol. The van der Waals surface area contributed by atoms with Crippen LogP contribution in [-0.2, 0) is 4.79 Å². The summed E-state index contributed by atoms with van der Waals surface area (Å²) in [7, 11) is 0. The number of pyridine rings is 2. The summed E-state index contributed by atoms with van der Waals surface area (Å²) < 4.78 is 7.44. The summed E-state index contributed by atoms with van der Waals surface area (Å²) in [5, 5.41) is 6.17. The van der Waals surface area contributed by atoms with Gasteiger partial charge >= 0.3 is 0 Å². The molecule has 6 nitrogen and oxygen atoms in total. The summed E-state index contributed by atoms with van der Waals surface area (Å²) in [6.45, 7) is 4.65. The van der Waals surface area contributed by atoms with Gasteiger partial charge in [-0.2, -0.15) is 0 Å². The van der Waals surface area contributed by atoms with Gasteiger partial charge in [0.05, 0.1) is 16.6 Å². The van der Waals surface area contributed by atoms with Gasteiger partial charge < -0.3 is 10.1 Å². The molecule has 3 aromatic heterocycles. The van der Waals surface area contributed by atoms with Crippen molar-refractivity contribution in [3.8, 4) is 5.75 Å². The van der Waals surface area contributed by atoms with Crippen molar-refractivity contribution < 1.29 is 9.53 Å². The normalized spacial score (nSPS) is 11.8. The summed E-state index contributed by atoms with van der Waals surface area (Å²) in [6, 6.07) is 15.0. The van der Waals surface area contributed by atoms with Crippen LogP contribution in [0.3, 0.4) is 0 Å². The van der Waals surface area contributed by atoms with E-state index in [0.717, 1.165) is 32.7 Å². The quantitative estimate of drug-likeness (QED) is 0.457. The van der Waals surface area contributed by atoms with Crippen LogP contribution in [0.4, 0.5) is 0 Å². The topological polar surface area (TPSA) is 72.7 Å². The van der Waals surface area contributed by atoms with Crippen LogP contribution < -0.4 is 15.6 Å². The number of carbonyl (C=O) groups excluding carboxylic acids is 1. The van der Waals surface area contributed by atoms with E-state index in [0.29, 0.717) is 23.6 Å². The Balaban J connectivity index is 1.63. The third-order valence-corrected chi connectivity index (χ3v) is 5.34. The van der Waals surface area contributed by atoms with Gasteiger partial charge in [-0.3, -0.25) is 19.0 Å². The number of aromatic nitrogens is 2. The van der Waals surface area contributed by atoms with Crippen molar-refractivity contribution in [3.63, 3.8) is 0 Å². The Labute approximate surface area is 172 Å². The molecule has 5 rings (SSSR count). The van der Waals surface area contributed by atoms with Crippen molar-refractivity contribution in [2.24, 2.45) is 5.92 Å². The van der Waals surface area contributed by atoms with Crippen LogP contribution in [0, 0.1) is 5.92 Å². The molecular weight excluding hydrogens is 378 g/mol. The lowest BCUT2D eigenvalue weighted by molar-refractivity contribution is -0.123. The Morgan fingerprint density at radius 3 is 2.67 bits per heavy atom. The highest BCUT2D eigenvalue weighted by molar-refractivity contribution is 6.18. The van der Waals surface area contributed by atoms with Gasteiger partial charge in [-0.05, 0) is 36.2 Å². The van der Waals surface area contributed by atoms with E-state index in [1.54, 1.807) is 16.7 Å². The van der Waals surface area contributed by atoms with Crippen molar-refractivity contribution >= 4 is 44.0 Å². The molecule has 0 aliphatic carbocycles. The minimum atomic E-state index is -0.152. The molecule has 0 saturated carbocycles. The van der Waals surface area contributed by atoms with Crippen LogP contribution in [0.1, 0.15) is 13.8 Å². The number of nitrogens with one attached hydrogen (secondary N) is 1. The maximum atomic E-state index is 13.2. The zero-order valence-electron chi connectivity index (χ0n) is 16.8. The van der Waals surface area contributed by atoms with Gasteiger partial charge in [-0.1, -0.05) is 32.0 Å². The van der Waals surface area contributed by atoms with Crippen molar-refractivity contribution in [1.29, 1.82) is 0 Å². The number of carbonyl (C=O) groups is 1. The maximum Gasteiger partial charge on any atom is 0.263 e. The second-order valence-electron chi connectivity index (χ2n) is 7.91. The van der Waals surface area contributed by atoms with Gasteiger partial charge in [0.15, 0.2) is 6.61 Å². The van der Waals surface area contributed by atoms with Gasteiger partial charge in [-0.15, -0.1) is 0 Å². The molecule has 150 valence electrons. The number of hydrogen-bond donors (Lipinski definition) is 1. The fourth-order valence-electron chi connectivity index (χ4n) is 3.96. The number of ether oxygens (including phenoxy) is 1. The van der Waals surface area contributed by atoms with Crippen LogP contribution in [0.5, 0.6) is 5.75 Å². The maximum absolute atomic E-state index is 13.2. The molecule has 6 heteroatoms. The van der Waals surface area contributed by atoms with E-state index in [4.69, 9.17) is 4.74 Å². The Hall–Kier alpha value is -3.67. The van der Waals surface area contributed by atoms with E-state index in [9.17, 15) is 9.59 Å². The van der Waals surface area contributed by atoms with Gasteiger partial charge in [0.25, 0.3) is 11.5 Å². The van der Waals surface area contributed by atoms with Crippen LogP contribution in [0.2, 0.25) is 0 Å². The molecule has 0 saturated heterocycles. The second-order valence-corrected chi connectivity index (χ2v) is 7.91. The number of fused-ring (bicyclic) bond motifs is 5. The molecule has 30 heavy (non-hydrogen) atoms. The number of hydrogen-bond acceptors (Lipinski definition) is 4. The fraction of sp³-hybridized carbons (Fsp3) is 0.208. The van der Waals surface area contributed by atoms with Gasteiger partial charge in [0.1, 0.15) is 5.75 Å². The third kappa shape index (κ3) is 2.84. The van der Waals surface area contributed by atoms with Crippen molar-refractivity contribution in [1.82, 2.24) is 14.7 Å². The van der Waals surface area contributed by atoms with Crippen LogP contribution in [-0.4, -0.2) is 28.4 Å². The highest BCUT2D eigenvalue weighted by Crippen LogP contribution is 2.34. The minimum absolute atomic E-state index is 0.0476. The highest BCUT2D eigenvalue weighted by Gasteiger charge is 2.18. The Morgan fingerprint density at radius 1 is 1.07 bits per heavy atom. The fourth-order valence-corrected chi connectivity index (χ4v) is 3.96. The van der Waals surface area contributed by atoms with E-state index in [1.165, 1.54) is 0 Å². The molecule has 0 radical (unpaired) electrons. The number of amides is 1. The van der Waals surface area contributed by atoms with Crippen molar-refractivity contribution in [2.75, 3.05) is 13.2 Å². The van der Waals surface area contributed by atoms with Crippen molar-refractivity contribution in [2.45, 2.75) is 13.8 Å². The van der Waals surface area contributed by atoms with Gasteiger partial charge in [-0.25, -0.2) is 0 Å². The SMILES string of the molecule is CC(C)CNC(=O)COc1ccc2c(c1)c1ccnc3c4ccccc4c(=O)n2c13. The average molecular weight is 399 g/mol.